The highest BCUT2D eigenvalue weighted by Gasteiger charge is 2.46. The molecule has 0 N–H and O–H groups in total. The Balaban J connectivity index is 1.95. The molecule has 1 aliphatic heterocycles. The van der Waals surface area contributed by atoms with Crippen molar-refractivity contribution in [1.82, 2.24) is 4.90 Å². The van der Waals surface area contributed by atoms with Gasteiger partial charge in [-0.15, -0.1) is 0 Å². The van der Waals surface area contributed by atoms with Gasteiger partial charge in [-0.25, -0.2) is 14.7 Å². The van der Waals surface area contributed by atoms with Gasteiger partial charge in [0.1, 0.15) is 0 Å². The lowest BCUT2D eigenvalue weighted by atomic mass is 10.1. The van der Waals surface area contributed by atoms with Crippen molar-refractivity contribution in [1.29, 1.82) is 0 Å². The summed E-state index contributed by atoms with van der Waals surface area (Å²) in [6.07, 6.45) is -16.4. The molecule has 1 atom stereocenters. The normalized spacial score (nSPS) is 16.5. The first-order chi connectivity index (χ1) is 20.6. The van der Waals surface area contributed by atoms with E-state index in [1.807, 2.05) is 0 Å². The molecule has 3 aromatic rings. The lowest BCUT2D eigenvalue weighted by molar-refractivity contribution is -0.138. The van der Waals surface area contributed by atoms with E-state index < -0.39 is 68.6 Å². The van der Waals surface area contributed by atoms with Crippen LogP contribution in [0.4, 0.5) is 61.4 Å². The maximum atomic E-state index is 13.4. The molecule has 1 fully saturated rings. The fraction of sp³-hybridized carbons (Fsp3) is 0.222. The third-order valence-electron chi connectivity index (χ3n) is 6.35. The van der Waals surface area contributed by atoms with Gasteiger partial charge in [0, 0.05) is 18.4 Å². The molecule has 0 aromatic heterocycles. The molecular formula is C27H16Cl3F9N4O2. The van der Waals surface area contributed by atoms with Crippen molar-refractivity contribution in [3.05, 3.63) is 89.5 Å². The molecular weight excluding hydrogens is 690 g/mol. The Morgan fingerprint density at radius 3 is 1.53 bits per heavy atom. The summed E-state index contributed by atoms with van der Waals surface area (Å²) in [5, 5.41) is 0. The number of rotatable bonds is 5. The van der Waals surface area contributed by atoms with E-state index in [2.05, 4.69) is 4.99 Å². The largest absolute Gasteiger partial charge is 0.416 e. The van der Waals surface area contributed by atoms with E-state index in [1.165, 1.54) is 0 Å². The van der Waals surface area contributed by atoms with Crippen LogP contribution in [0, 0.1) is 0 Å². The van der Waals surface area contributed by atoms with E-state index in [1.54, 1.807) is 0 Å². The molecule has 3 amide bonds. The van der Waals surface area contributed by atoms with E-state index in [0.717, 1.165) is 48.3 Å². The second-order valence-electron chi connectivity index (χ2n) is 9.36. The van der Waals surface area contributed by atoms with Crippen molar-refractivity contribution in [3.63, 3.8) is 0 Å². The van der Waals surface area contributed by atoms with Gasteiger partial charge in [0.2, 0.25) is 9.63 Å². The Kier molecular flexibility index (Phi) is 9.05. The van der Waals surface area contributed by atoms with Gasteiger partial charge < -0.3 is 4.90 Å². The number of hydrogen-bond donors (Lipinski definition) is 0. The number of alkyl halides is 12. The molecule has 4 rings (SSSR count). The van der Waals surface area contributed by atoms with Crippen LogP contribution in [0.2, 0.25) is 0 Å². The number of carbonyl (C=O) groups is 2. The Morgan fingerprint density at radius 1 is 0.689 bits per heavy atom. The van der Waals surface area contributed by atoms with E-state index >= 15 is 0 Å². The number of hydrogen-bond acceptors (Lipinski definition) is 4. The standard InChI is InChI=1S/C27H16Cl3F9N4O2/c1-41-21(44)20(43(23(41)45)19-4-2-3-16(13-19)27(37,38)39)40-22(24(28,29)30)42(17-9-5-14(6-10-17)25(31,32)33)18-11-7-15(8-12-18)26(34,35)36/h2-13,22H,1H3/b40-20+. The Morgan fingerprint density at radius 2 is 1.13 bits per heavy atom. The molecule has 45 heavy (non-hydrogen) atoms. The van der Waals surface area contributed by atoms with Crippen molar-refractivity contribution in [3.8, 4) is 0 Å². The van der Waals surface area contributed by atoms with Crippen LogP contribution in [-0.2, 0) is 23.3 Å². The third-order valence-corrected chi connectivity index (χ3v) is 6.93. The number of carbonyl (C=O) groups excluding carboxylic acids is 2. The number of anilines is 3. The predicted molar refractivity (Wildman–Crippen MR) is 149 cm³/mol. The second kappa shape index (κ2) is 11.9. The number of amidine groups is 1. The molecule has 240 valence electrons. The summed E-state index contributed by atoms with van der Waals surface area (Å²) in [5.74, 6) is -2.03. The van der Waals surface area contributed by atoms with Gasteiger partial charge in [0.05, 0.1) is 22.4 Å². The predicted octanol–water partition coefficient (Wildman–Crippen LogP) is 9.07. The molecule has 1 aliphatic rings. The van der Waals surface area contributed by atoms with E-state index in [-0.39, 0.29) is 11.4 Å². The van der Waals surface area contributed by atoms with Crippen molar-refractivity contribution in [2.24, 2.45) is 4.99 Å². The zero-order chi connectivity index (χ0) is 33.7. The molecule has 0 aliphatic carbocycles. The minimum atomic E-state index is -4.85. The minimum absolute atomic E-state index is 0.223. The van der Waals surface area contributed by atoms with E-state index in [4.69, 9.17) is 34.8 Å². The van der Waals surface area contributed by atoms with Gasteiger partial charge in [-0.3, -0.25) is 9.69 Å². The molecule has 0 spiro atoms. The topological polar surface area (TPSA) is 56.2 Å². The van der Waals surface area contributed by atoms with Crippen LogP contribution in [0.5, 0.6) is 0 Å². The third kappa shape index (κ3) is 7.25. The number of aliphatic imine (C=N–C) groups is 1. The van der Waals surface area contributed by atoms with Crippen molar-refractivity contribution in [2.75, 3.05) is 16.8 Å². The summed E-state index contributed by atoms with van der Waals surface area (Å²) in [6.45, 7) is 0. The highest BCUT2D eigenvalue weighted by molar-refractivity contribution is 6.68. The zero-order valence-corrected chi connectivity index (χ0v) is 24.4. The molecule has 0 bridgehead atoms. The molecule has 0 radical (unpaired) electrons. The van der Waals surface area contributed by atoms with Crippen molar-refractivity contribution >= 4 is 69.6 Å². The fourth-order valence-corrected chi connectivity index (χ4v) is 4.63. The summed E-state index contributed by atoms with van der Waals surface area (Å²) in [4.78, 5) is 32.2. The van der Waals surface area contributed by atoms with Crippen LogP contribution in [0.25, 0.3) is 0 Å². The first-order valence-corrected chi connectivity index (χ1v) is 13.3. The van der Waals surface area contributed by atoms with E-state index in [0.29, 0.717) is 46.2 Å². The maximum Gasteiger partial charge on any atom is 0.416 e. The zero-order valence-electron chi connectivity index (χ0n) is 22.1. The van der Waals surface area contributed by atoms with E-state index in [9.17, 15) is 49.1 Å². The van der Waals surface area contributed by atoms with Gasteiger partial charge >= 0.3 is 24.6 Å². The summed E-state index contributed by atoms with van der Waals surface area (Å²) < 4.78 is 117. The maximum absolute atomic E-state index is 13.4. The number of urea groups is 1. The molecule has 1 saturated heterocycles. The summed E-state index contributed by atoms with van der Waals surface area (Å²) in [6, 6.07) is 8.18. The average molecular weight is 706 g/mol. The number of nitrogens with zero attached hydrogens (tertiary/aromatic N) is 4. The smallest absolute Gasteiger partial charge is 0.315 e. The first-order valence-electron chi connectivity index (χ1n) is 12.2. The molecule has 0 saturated carbocycles. The quantitative estimate of drug-likeness (QED) is 0.151. The van der Waals surface area contributed by atoms with Crippen LogP contribution in [0.3, 0.4) is 0 Å². The number of amides is 3. The highest BCUT2D eigenvalue weighted by Crippen LogP contribution is 2.43. The van der Waals surface area contributed by atoms with Crippen LogP contribution >= 0.6 is 34.8 Å². The Bertz CT molecular complexity index is 1560. The first kappa shape index (κ1) is 34.2. The van der Waals surface area contributed by atoms with Gasteiger partial charge in [0.15, 0.2) is 6.17 Å². The highest BCUT2D eigenvalue weighted by atomic mass is 35.6. The lowest BCUT2D eigenvalue weighted by Gasteiger charge is -2.36. The van der Waals surface area contributed by atoms with Gasteiger partial charge in [-0.05, 0) is 66.7 Å². The monoisotopic (exact) mass is 704 g/mol. The summed E-state index contributed by atoms with van der Waals surface area (Å²) in [5.41, 5.74) is -4.32. The minimum Gasteiger partial charge on any atom is -0.315 e. The van der Waals surface area contributed by atoms with Crippen LogP contribution < -0.4 is 9.80 Å². The SMILES string of the molecule is CN1C(=O)/C(=N\C(N(c2ccc(C(F)(F)F)cc2)c2ccc(C(F)(F)F)cc2)C(Cl)(Cl)Cl)N(c2cccc(C(F)(F)F)c2)C1=O. The molecule has 1 heterocycles. The second-order valence-corrected chi connectivity index (χ2v) is 11.7. The van der Waals surface area contributed by atoms with Gasteiger partial charge in [0.25, 0.3) is 5.91 Å². The number of likely N-dealkylation sites (N-methyl/N-ethyl adjacent to an activating group) is 1. The molecule has 1 unspecified atom stereocenters. The summed E-state index contributed by atoms with van der Waals surface area (Å²) in [7, 11) is 0.988. The summed E-state index contributed by atoms with van der Waals surface area (Å²) >= 11 is 18.7. The van der Waals surface area contributed by atoms with Crippen LogP contribution in [-0.4, -0.2) is 39.7 Å². The molecule has 6 nitrogen and oxygen atoms in total. The fourth-order valence-electron chi connectivity index (χ4n) is 4.19. The number of benzene rings is 3. The number of imide groups is 1. The number of halogens is 12. The van der Waals surface area contributed by atoms with Crippen molar-refractivity contribution in [2.45, 2.75) is 28.5 Å². The molecule has 18 heteroatoms. The average Bonchev–Trinajstić information content (AvgIpc) is 3.14. The van der Waals surface area contributed by atoms with Crippen molar-refractivity contribution < 1.29 is 49.1 Å². The van der Waals surface area contributed by atoms with Gasteiger partial charge in [-0.1, -0.05) is 40.9 Å². The molecule has 3 aromatic carbocycles. The lowest BCUT2D eigenvalue weighted by Crippen LogP contribution is -2.43. The Hall–Kier alpha value is -3.69. The van der Waals surface area contributed by atoms with Crippen LogP contribution in [0.1, 0.15) is 16.7 Å². The van der Waals surface area contributed by atoms with Crippen LogP contribution in [0.15, 0.2) is 77.8 Å². The Labute approximate surface area is 263 Å². The van der Waals surface area contributed by atoms with Gasteiger partial charge in [-0.2, -0.15) is 39.5 Å².